The van der Waals surface area contributed by atoms with E-state index in [1.165, 1.54) is 0 Å². The Labute approximate surface area is 112 Å². The average Bonchev–Trinajstić information content (AvgIpc) is 2.45. The molecule has 0 aliphatic rings. The van der Waals surface area contributed by atoms with Crippen LogP contribution in [0.15, 0.2) is 30.3 Å². The number of rotatable bonds is 11. The highest BCUT2D eigenvalue weighted by Crippen LogP contribution is 2.02. The molecule has 0 aliphatic heterocycles. The van der Waals surface area contributed by atoms with Crippen molar-refractivity contribution in [2.45, 2.75) is 12.7 Å². The third-order valence-corrected chi connectivity index (χ3v) is 2.30. The molecule has 0 heterocycles. The number of aldehydes is 2. The van der Waals surface area contributed by atoms with Gasteiger partial charge in [0.15, 0.2) is 0 Å². The summed E-state index contributed by atoms with van der Waals surface area (Å²) in [7, 11) is 0. The molecule has 0 saturated carbocycles. The molecule has 0 spiro atoms. The Kier molecular flexibility index (Phi) is 8.46. The van der Waals surface area contributed by atoms with Crippen LogP contribution in [0.1, 0.15) is 5.56 Å². The van der Waals surface area contributed by atoms with E-state index in [-0.39, 0.29) is 25.9 Å². The highest BCUT2D eigenvalue weighted by Gasteiger charge is 2.09. The molecule has 0 saturated heterocycles. The Morgan fingerprint density at radius 1 is 0.947 bits per heavy atom. The summed E-state index contributed by atoms with van der Waals surface area (Å²) in [6.45, 7) is 1.00. The Balaban J connectivity index is 2.26. The van der Waals surface area contributed by atoms with E-state index in [1.54, 1.807) is 0 Å². The first-order valence-corrected chi connectivity index (χ1v) is 6.05. The minimum absolute atomic E-state index is 0.0101. The van der Waals surface area contributed by atoms with E-state index >= 15 is 0 Å². The van der Waals surface area contributed by atoms with Crippen LogP contribution in [0.5, 0.6) is 0 Å². The largest absolute Gasteiger partial charge is 0.374 e. The van der Waals surface area contributed by atoms with Crippen LogP contribution in [-0.4, -0.2) is 45.1 Å². The fraction of sp³-hybridized carbons (Fsp3) is 0.429. The number of benzene rings is 1. The Bertz CT molecular complexity index is 352. The van der Waals surface area contributed by atoms with Crippen molar-refractivity contribution in [3.8, 4) is 0 Å². The number of carbonyl (C=O) groups excluding carboxylic acids is 2. The molecule has 5 heteroatoms. The van der Waals surface area contributed by atoms with Gasteiger partial charge in [0.05, 0.1) is 19.8 Å². The molecule has 5 nitrogen and oxygen atoms in total. The van der Waals surface area contributed by atoms with Gasteiger partial charge >= 0.3 is 0 Å². The van der Waals surface area contributed by atoms with Crippen LogP contribution in [0.25, 0.3) is 0 Å². The number of ether oxygens (including phenoxy) is 3. The molecule has 0 N–H and O–H groups in total. The predicted octanol–water partition coefficient (Wildman–Crippen LogP) is 1.00. The highest BCUT2D eigenvalue weighted by atomic mass is 16.6. The molecule has 0 amide bonds. The summed E-state index contributed by atoms with van der Waals surface area (Å²) in [5.41, 5.74) is 1.06. The van der Waals surface area contributed by atoms with Crippen LogP contribution in [0, 0.1) is 0 Å². The maximum atomic E-state index is 10.3. The molecule has 0 radical (unpaired) electrons. The smallest absolute Gasteiger partial charge is 0.145 e. The van der Waals surface area contributed by atoms with E-state index in [0.717, 1.165) is 5.56 Å². The number of hydrogen-bond donors (Lipinski definition) is 0. The van der Waals surface area contributed by atoms with Crippen molar-refractivity contribution in [1.29, 1.82) is 0 Å². The summed E-state index contributed by atoms with van der Waals surface area (Å²) in [5, 5.41) is 0. The molecule has 0 aromatic heterocycles. The third-order valence-electron chi connectivity index (χ3n) is 2.30. The zero-order valence-corrected chi connectivity index (χ0v) is 10.7. The topological polar surface area (TPSA) is 61.8 Å². The minimum Gasteiger partial charge on any atom is -0.374 e. The average molecular weight is 266 g/mol. The summed E-state index contributed by atoms with van der Waals surface area (Å²) in [6, 6.07) is 9.74. The van der Waals surface area contributed by atoms with Crippen LogP contribution >= 0.6 is 0 Å². The van der Waals surface area contributed by atoms with Gasteiger partial charge in [0, 0.05) is 0 Å². The van der Waals surface area contributed by atoms with Crippen molar-refractivity contribution in [3.63, 3.8) is 0 Å². The standard InChI is InChI=1S/C14H18O5/c15-6-8-17-11-14(19-9-7-16)12-18-10-13-4-2-1-3-5-13/h1-7,14H,8-12H2. The number of carbonyl (C=O) groups is 2. The van der Waals surface area contributed by atoms with Crippen molar-refractivity contribution in [2.24, 2.45) is 0 Å². The maximum absolute atomic E-state index is 10.3. The Morgan fingerprint density at radius 2 is 1.63 bits per heavy atom. The van der Waals surface area contributed by atoms with Crippen LogP contribution in [-0.2, 0) is 30.4 Å². The van der Waals surface area contributed by atoms with Gasteiger partial charge in [0.2, 0.25) is 0 Å². The van der Waals surface area contributed by atoms with E-state index in [2.05, 4.69) is 0 Å². The van der Waals surface area contributed by atoms with Crippen LogP contribution in [0.2, 0.25) is 0 Å². The van der Waals surface area contributed by atoms with E-state index in [1.807, 2.05) is 30.3 Å². The van der Waals surface area contributed by atoms with Gasteiger partial charge < -0.3 is 23.8 Å². The van der Waals surface area contributed by atoms with Crippen molar-refractivity contribution in [2.75, 3.05) is 26.4 Å². The van der Waals surface area contributed by atoms with Crippen molar-refractivity contribution < 1.29 is 23.8 Å². The van der Waals surface area contributed by atoms with E-state index in [4.69, 9.17) is 14.2 Å². The van der Waals surface area contributed by atoms with Gasteiger partial charge in [-0.05, 0) is 5.56 Å². The lowest BCUT2D eigenvalue weighted by molar-refractivity contribution is -0.121. The first-order chi connectivity index (χ1) is 9.36. The van der Waals surface area contributed by atoms with Crippen LogP contribution in [0.4, 0.5) is 0 Å². The second-order valence-corrected chi connectivity index (χ2v) is 3.83. The molecule has 1 rings (SSSR count). The van der Waals surface area contributed by atoms with Crippen molar-refractivity contribution >= 4 is 12.6 Å². The molecule has 104 valence electrons. The Morgan fingerprint density at radius 3 is 2.32 bits per heavy atom. The summed E-state index contributed by atoms with van der Waals surface area (Å²) in [5.74, 6) is 0. The number of hydrogen-bond acceptors (Lipinski definition) is 5. The van der Waals surface area contributed by atoms with Gasteiger partial charge in [-0.3, -0.25) is 0 Å². The molecule has 0 bridgehead atoms. The van der Waals surface area contributed by atoms with Gasteiger partial charge in [0.1, 0.15) is 31.9 Å². The fourth-order valence-corrected chi connectivity index (χ4v) is 1.45. The van der Waals surface area contributed by atoms with E-state index < -0.39 is 0 Å². The highest BCUT2D eigenvalue weighted by molar-refractivity contribution is 5.50. The molecule has 1 aromatic rings. The summed E-state index contributed by atoms with van der Waals surface area (Å²) in [6.07, 6.45) is 0.986. The van der Waals surface area contributed by atoms with Gasteiger partial charge in [-0.1, -0.05) is 30.3 Å². The molecule has 0 aliphatic carbocycles. The third kappa shape index (κ3) is 7.46. The van der Waals surface area contributed by atoms with Crippen LogP contribution < -0.4 is 0 Å². The molecular formula is C14H18O5. The maximum Gasteiger partial charge on any atom is 0.145 e. The predicted molar refractivity (Wildman–Crippen MR) is 68.8 cm³/mol. The lowest BCUT2D eigenvalue weighted by atomic mass is 10.2. The first kappa shape index (κ1) is 15.5. The molecule has 0 fully saturated rings. The summed E-state index contributed by atoms with van der Waals surface area (Å²) >= 11 is 0. The zero-order chi connectivity index (χ0) is 13.8. The van der Waals surface area contributed by atoms with Gasteiger partial charge in [0.25, 0.3) is 0 Å². The Hall–Kier alpha value is -1.56. The van der Waals surface area contributed by atoms with Gasteiger partial charge in [-0.2, -0.15) is 0 Å². The molecule has 1 atom stereocenters. The SMILES string of the molecule is O=CCOCC(COCc1ccccc1)OCC=O. The second-order valence-electron chi connectivity index (χ2n) is 3.83. The second kappa shape index (κ2) is 10.4. The quantitative estimate of drug-likeness (QED) is 0.442. The molecule has 19 heavy (non-hydrogen) atoms. The summed E-state index contributed by atoms with van der Waals surface area (Å²) in [4.78, 5) is 20.4. The summed E-state index contributed by atoms with van der Waals surface area (Å²) < 4.78 is 15.8. The normalized spacial score (nSPS) is 12.0. The fourth-order valence-electron chi connectivity index (χ4n) is 1.45. The molecular weight excluding hydrogens is 248 g/mol. The molecule has 1 unspecified atom stereocenters. The van der Waals surface area contributed by atoms with Crippen molar-refractivity contribution in [1.82, 2.24) is 0 Å². The lowest BCUT2D eigenvalue weighted by Gasteiger charge is -2.16. The van der Waals surface area contributed by atoms with Gasteiger partial charge in [-0.15, -0.1) is 0 Å². The van der Waals surface area contributed by atoms with Crippen molar-refractivity contribution in [3.05, 3.63) is 35.9 Å². The zero-order valence-electron chi connectivity index (χ0n) is 10.7. The van der Waals surface area contributed by atoms with E-state index in [0.29, 0.717) is 25.8 Å². The van der Waals surface area contributed by atoms with Gasteiger partial charge in [-0.25, -0.2) is 0 Å². The molecule has 1 aromatic carbocycles. The van der Waals surface area contributed by atoms with E-state index in [9.17, 15) is 9.59 Å². The lowest BCUT2D eigenvalue weighted by Crippen LogP contribution is -2.27. The minimum atomic E-state index is -0.353. The monoisotopic (exact) mass is 266 g/mol. The van der Waals surface area contributed by atoms with Crippen LogP contribution in [0.3, 0.4) is 0 Å². The first-order valence-electron chi connectivity index (χ1n) is 6.05.